The van der Waals surface area contributed by atoms with E-state index in [9.17, 15) is 14.7 Å². The second-order valence-electron chi connectivity index (χ2n) is 6.63. The molecular weight excluding hydrogens is 408 g/mol. The molecule has 0 radical (unpaired) electrons. The van der Waals surface area contributed by atoms with Crippen molar-refractivity contribution >= 4 is 38.3 Å². The molecule has 5 heteroatoms. The van der Waals surface area contributed by atoms with Crippen LogP contribution >= 0.6 is 15.9 Å². The quantitative estimate of drug-likeness (QED) is 0.557. The van der Waals surface area contributed by atoms with Crippen LogP contribution in [-0.4, -0.2) is 16.7 Å². The summed E-state index contributed by atoms with van der Waals surface area (Å²) in [7, 11) is 0. The van der Waals surface area contributed by atoms with Crippen LogP contribution in [0.2, 0.25) is 0 Å². The smallest absolute Gasteiger partial charge is 0.229 e. The highest BCUT2D eigenvalue weighted by atomic mass is 79.9. The van der Waals surface area contributed by atoms with Gasteiger partial charge in [-0.2, -0.15) is 0 Å². The minimum absolute atomic E-state index is 0.0974. The predicted molar refractivity (Wildman–Crippen MR) is 104 cm³/mol. The maximum Gasteiger partial charge on any atom is 0.229 e. The van der Waals surface area contributed by atoms with Gasteiger partial charge in [-0.1, -0.05) is 48.5 Å². The molecule has 1 aliphatic carbocycles. The Kier molecular flexibility index (Phi) is 3.49. The van der Waals surface area contributed by atoms with Crippen LogP contribution in [0, 0.1) is 0 Å². The molecule has 132 valence electrons. The summed E-state index contributed by atoms with van der Waals surface area (Å²) in [5.74, 6) is 0.300. The molecule has 5 rings (SSSR count). The zero-order valence-corrected chi connectivity index (χ0v) is 15.7. The summed E-state index contributed by atoms with van der Waals surface area (Å²) in [5, 5.41) is 11.9. The number of carbonyl (C=O) groups is 2. The molecule has 0 saturated carbocycles. The van der Waals surface area contributed by atoms with E-state index in [1.165, 1.54) is 0 Å². The average molecular weight is 421 g/mol. The molecule has 0 aromatic heterocycles. The van der Waals surface area contributed by atoms with Crippen LogP contribution in [0.4, 0.5) is 0 Å². The third kappa shape index (κ3) is 2.21. The molecular formula is C22H13BrO4. The van der Waals surface area contributed by atoms with E-state index in [0.717, 1.165) is 5.56 Å². The van der Waals surface area contributed by atoms with Crippen molar-refractivity contribution in [3.8, 4) is 11.5 Å². The van der Waals surface area contributed by atoms with Crippen LogP contribution in [-0.2, 0) is 6.42 Å². The van der Waals surface area contributed by atoms with Gasteiger partial charge < -0.3 is 9.84 Å². The fraction of sp³-hybridized carbons (Fsp3) is 0.0909. The Labute approximate surface area is 163 Å². The standard InChI is InChI=1S/C22H13BrO4/c23-17-15-9-10-16-18(24)11-5-1-2-6-12(11)20(26)22(16)27-21(15)14-8-4-3-7-13(14)19(17)25/h1-8,25H,9-10H2. The van der Waals surface area contributed by atoms with Crippen molar-refractivity contribution in [1.82, 2.24) is 0 Å². The van der Waals surface area contributed by atoms with Gasteiger partial charge in [0, 0.05) is 33.0 Å². The summed E-state index contributed by atoms with van der Waals surface area (Å²) in [4.78, 5) is 26.0. The van der Waals surface area contributed by atoms with Crippen LogP contribution in [0.15, 0.2) is 64.3 Å². The number of benzene rings is 3. The largest absolute Gasteiger partial charge is 0.506 e. The molecule has 1 N–H and O–H groups in total. The molecule has 0 unspecified atom stereocenters. The van der Waals surface area contributed by atoms with Gasteiger partial charge in [0.05, 0.1) is 4.47 Å². The first kappa shape index (κ1) is 16.3. The number of aromatic hydroxyl groups is 1. The number of phenolic OH excluding ortho intramolecular Hbond substituents is 1. The Morgan fingerprint density at radius 3 is 2.22 bits per heavy atom. The topological polar surface area (TPSA) is 63.6 Å². The van der Waals surface area contributed by atoms with Crippen molar-refractivity contribution in [1.29, 1.82) is 0 Å². The number of allylic oxidation sites excluding steroid dienone is 2. The van der Waals surface area contributed by atoms with Crippen molar-refractivity contribution in [2.75, 3.05) is 0 Å². The van der Waals surface area contributed by atoms with Gasteiger partial charge in [-0.3, -0.25) is 9.59 Å². The van der Waals surface area contributed by atoms with E-state index in [1.807, 2.05) is 18.2 Å². The first-order valence-electron chi connectivity index (χ1n) is 8.59. The molecule has 0 amide bonds. The SMILES string of the molecule is O=C1C2=C(Oc3c(c(Br)c(O)c4ccccc34)CC2)C(=O)c2ccccc21. The van der Waals surface area contributed by atoms with Crippen molar-refractivity contribution in [2.24, 2.45) is 0 Å². The summed E-state index contributed by atoms with van der Waals surface area (Å²) in [6.45, 7) is 0. The normalized spacial score (nSPS) is 15.7. The molecule has 27 heavy (non-hydrogen) atoms. The van der Waals surface area contributed by atoms with E-state index in [-0.39, 0.29) is 23.1 Å². The van der Waals surface area contributed by atoms with Crippen molar-refractivity contribution < 1.29 is 19.4 Å². The molecule has 1 aliphatic heterocycles. The van der Waals surface area contributed by atoms with Gasteiger partial charge in [-0.05, 0) is 28.8 Å². The molecule has 2 aliphatic rings. The summed E-state index contributed by atoms with van der Waals surface area (Å²) >= 11 is 3.46. The van der Waals surface area contributed by atoms with Gasteiger partial charge in [-0.15, -0.1) is 0 Å². The minimum atomic E-state index is -0.277. The highest BCUT2D eigenvalue weighted by Gasteiger charge is 2.36. The zero-order valence-electron chi connectivity index (χ0n) is 14.1. The predicted octanol–water partition coefficient (Wildman–Crippen LogP) is 4.97. The second-order valence-corrected chi connectivity index (χ2v) is 7.42. The lowest BCUT2D eigenvalue weighted by atomic mass is 9.86. The Hall–Kier alpha value is -2.92. The maximum absolute atomic E-state index is 13.1. The first-order valence-corrected chi connectivity index (χ1v) is 9.38. The van der Waals surface area contributed by atoms with E-state index in [4.69, 9.17) is 4.74 Å². The fourth-order valence-electron chi connectivity index (χ4n) is 3.84. The van der Waals surface area contributed by atoms with E-state index >= 15 is 0 Å². The third-order valence-corrected chi connectivity index (χ3v) is 6.03. The van der Waals surface area contributed by atoms with Crippen LogP contribution < -0.4 is 4.74 Å². The minimum Gasteiger partial charge on any atom is -0.506 e. The summed E-state index contributed by atoms with van der Waals surface area (Å²) < 4.78 is 6.65. The number of ketones is 2. The van der Waals surface area contributed by atoms with Crippen molar-refractivity contribution in [2.45, 2.75) is 12.8 Å². The molecule has 1 heterocycles. The lowest BCUT2D eigenvalue weighted by molar-refractivity contribution is 0.0936. The monoisotopic (exact) mass is 420 g/mol. The third-order valence-electron chi connectivity index (χ3n) is 5.17. The number of fused-ring (bicyclic) bond motifs is 4. The number of carbonyl (C=O) groups excluding carboxylic acids is 2. The van der Waals surface area contributed by atoms with Gasteiger partial charge in [0.2, 0.25) is 5.78 Å². The van der Waals surface area contributed by atoms with Crippen molar-refractivity contribution in [3.05, 3.63) is 81.0 Å². The molecule has 4 nitrogen and oxygen atoms in total. The second kappa shape index (κ2) is 5.79. The molecule has 0 atom stereocenters. The van der Waals surface area contributed by atoms with Gasteiger partial charge >= 0.3 is 0 Å². The number of hydrogen-bond acceptors (Lipinski definition) is 4. The lowest BCUT2D eigenvalue weighted by Gasteiger charge is -2.20. The number of ether oxygens (including phenoxy) is 1. The highest BCUT2D eigenvalue weighted by Crippen LogP contribution is 2.47. The van der Waals surface area contributed by atoms with Crippen molar-refractivity contribution in [3.63, 3.8) is 0 Å². The molecule has 0 saturated heterocycles. The van der Waals surface area contributed by atoms with Gasteiger partial charge in [0.1, 0.15) is 11.5 Å². The van der Waals surface area contributed by atoms with E-state index in [0.29, 0.717) is 50.5 Å². The van der Waals surface area contributed by atoms with Gasteiger partial charge in [0.25, 0.3) is 0 Å². The maximum atomic E-state index is 13.1. The van der Waals surface area contributed by atoms with Gasteiger partial charge in [0.15, 0.2) is 11.5 Å². The van der Waals surface area contributed by atoms with Crippen LogP contribution in [0.1, 0.15) is 32.7 Å². The van der Waals surface area contributed by atoms with E-state index in [2.05, 4.69) is 15.9 Å². The summed E-state index contributed by atoms with van der Waals surface area (Å²) in [5.41, 5.74) is 1.94. The fourth-order valence-corrected chi connectivity index (χ4v) is 4.43. The van der Waals surface area contributed by atoms with Crippen LogP contribution in [0.5, 0.6) is 11.5 Å². The lowest BCUT2D eigenvalue weighted by Crippen LogP contribution is -2.24. The Balaban J connectivity index is 1.76. The molecule has 3 aromatic carbocycles. The number of hydrogen-bond donors (Lipinski definition) is 1. The molecule has 3 aromatic rings. The summed E-state index contributed by atoms with van der Waals surface area (Å²) in [6.07, 6.45) is 0.853. The number of rotatable bonds is 0. The number of phenols is 1. The summed E-state index contributed by atoms with van der Waals surface area (Å²) in [6, 6.07) is 14.1. The highest BCUT2D eigenvalue weighted by molar-refractivity contribution is 9.10. The first-order chi connectivity index (χ1) is 13.1. The Morgan fingerprint density at radius 2 is 1.48 bits per heavy atom. The van der Waals surface area contributed by atoms with Gasteiger partial charge in [-0.25, -0.2) is 0 Å². The molecule has 0 fully saturated rings. The van der Waals surface area contributed by atoms with Crippen LogP contribution in [0.25, 0.3) is 10.8 Å². The number of halogens is 1. The number of Topliss-reactive ketones (excluding diaryl/α,β-unsaturated/α-hetero) is 2. The molecule has 0 spiro atoms. The van der Waals surface area contributed by atoms with Crippen LogP contribution in [0.3, 0.4) is 0 Å². The molecule has 0 bridgehead atoms. The Bertz CT molecular complexity index is 1210. The van der Waals surface area contributed by atoms with E-state index < -0.39 is 0 Å². The zero-order chi connectivity index (χ0) is 18.7. The van der Waals surface area contributed by atoms with E-state index in [1.54, 1.807) is 30.3 Å². The average Bonchev–Trinajstić information content (AvgIpc) is 2.91. The Morgan fingerprint density at radius 1 is 0.852 bits per heavy atom.